The molecule has 3 atom stereocenters. The molecule has 0 aromatic heterocycles. The van der Waals surface area contributed by atoms with Gasteiger partial charge in [-0.15, -0.1) is 12.4 Å². The summed E-state index contributed by atoms with van der Waals surface area (Å²) < 4.78 is 4.72. The lowest BCUT2D eigenvalue weighted by molar-refractivity contribution is -0.143. The van der Waals surface area contributed by atoms with Crippen molar-refractivity contribution in [3.63, 3.8) is 0 Å². The standard InChI is InChI=1S/C9H15NO2.ClH/c1-9(2)5-4-10-7(6(5)9)8(11)12-3;/h5-7,10H,4H2,1-3H3;1H/t5-,6-,7+;/m0./s1. The van der Waals surface area contributed by atoms with E-state index in [1.54, 1.807) is 0 Å². The first-order chi connectivity index (χ1) is 5.59. The monoisotopic (exact) mass is 205 g/mol. The number of rotatable bonds is 1. The highest BCUT2D eigenvalue weighted by Crippen LogP contribution is 2.62. The zero-order valence-corrected chi connectivity index (χ0v) is 8.98. The second-order valence-electron chi connectivity index (χ2n) is 4.36. The number of carbonyl (C=O) groups excluding carboxylic acids is 1. The van der Waals surface area contributed by atoms with E-state index in [1.807, 2.05) is 0 Å². The van der Waals surface area contributed by atoms with E-state index in [-0.39, 0.29) is 24.4 Å². The third-order valence-electron chi connectivity index (χ3n) is 3.51. The average molecular weight is 206 g/mol. The van der Waals surface area contributed by atoms with E-state index < -0.39 is 0 Å². The van der Waals surface area contributed by atoms with Gasteiger partial charge in [-0.25, -0.2) is 0 Å². The molecule has 1 saturated carbocycles. The van der Waals surface area contributed by atoms with Gasteiger partial charge in [-0.2, -0.15) is 0 Å². The Bertz CT molecular complexity index is 230. The molecule has 0 unspecified atom stereocenters. The topological polar surface area (TPSA) is 38.3 Å². The van der Waals surface area contributed by atoms with Crippen molar-refractivity contribution in [2.24, 2.45) is 17.3 Å². The van der Waals surface area contributed by atoms with Crippen LogP contribution in [0.25, 0.3) is 0 Å². The molecule has 0 radical (unpaired) electrons. The number of esters is 1. The second kappa shape index (κ2) is 3.14. The van der Waals surface area contributed by atoms with Crippen molar-refractivity contribution in [3.8, 4) is 0 Å². The van der Waals surface area contributed by atoms with Gasteiger partial charge in [0.15, 0.2) is 0 Å². The van der Waals surface area contributed by atoms with Crippen LogP contribution < -0.4 is 5.32 Å². The van der Waals surface area contributed by atoms with Gasteiger partial charge in [0, 0.05) is 0 Å². The van der Waals surface area contributed by atoms with Gasteiger partial charge in [0.1, 0.15) is 6.04 Å². The lowest BCUT2D eigenvalue weighted by Crippen LogP contribution is -2.38. The predicted molar refractivity (Wildman–Crippen MR) is 51.8 cm³/mol. The number of methoxy groups -OCH3 is 1. The van der Waals surface area contributed by atoms with E-state index in [0.717, 1.165) is 6.54 Å². The summed E-state index contributed by atoms with van der Waals surface area (Å²) in [6.45, 7) is 5.41. The molecule has 4 heteroatoms. The highest BCUT2D eigenvalue weighted by atomic mass is 35.5. The van der Waals surface area contributed by atoms with Crippen LogP contribution in [0.1, 0.15) is 13.8 Å². The Kier molecular flexibility index (Phi) is 2.61. The summed E-state index contributed by atoms with van der Waals surface area (Å²) in [5, 5.41) is 3.19. The lowest BCUT2D eigenvalue weighted by atomic mass is 10.0. The number of fused-ring (bicyclic) bond motifs is 1. The molecule has 0 aromatic carbocycles. The van der Waals surface area contributed by atoms with Gasteiger partial charge in [-0.3, -0.25) is 4.79 Å². The Morgan fingerprint density at radius 1 is 1.54 bits per heavy atom. The molecule has 2 rings (SSSR count). The van der Waals surface area contributed by atoms with Crippen LogP contribution in [0.2, 0.25) is 0 Å². The molecule has 1 saturated heterocycles. The third-order valence-corrected chi connectivity index (χ3v) is 3.51. The Hall–Kier alpha value is -0.280. The smallest absolute Gasteiger partial charge is 0.323 e. The van der Waals surface area contributed by atoms with Crippen LogP contribution in [0.15, 0.2) is 0 Å². The number of piperidine rings is 1. The van der Waals surface area contributed by atoms with E-state index in [1.165, 1.54) is 7.11 Å². The number of nitrogens with one attached hydrogen (secondary N) is 1. The number of halogens is 1. The predicted octanol–water partition coefficient (Wildman–Crippen LogP) is 0.825. The minimum Gasteiger partial charge on any atom is -0.468 e. The maximum atomic E-state index is 11.3. The Labute approximate surface area is 84.6 Å². The second-order valence-corrected chi connectivity index (χ2v) is 4.36. The minimum atomic E-state index is -0.104. The van der Waals surface area contributed by atoms with Gasteiger partial charge in [0.25, 0.3) is 0 Å². The summed E-state index contributed by atoms with van der Waals surface area (Å²) in [6, 6.07) is -0.0463. The van der Waals surface area contributed by atoms with Crippen LogP contribution in [-0.2, 0) is 9.53 Å². The van der Waals surface area contributed by atoms with E-state index >= 15 is 0 Å². The van der Waals surface area contributed by atoms with Crippen molar-refractivity contribution in [2.45, 2.75) is 19.9 Å². The molecular weight excluding hydrogens is 190 g/mol. The average Bonchev–Trinajstić information content (AvgIpc) is 2.52. The molecule has 1 N–H and O–H groups in total. The van der Waals surface area contributed by atoms with Crippen molar-refractivity contribution in [1.29, 1.82) is 0 Å². The largest absolute Gasteiger partial charge is 0.468 e. The molecule has 0 bridgehead atoms. The molecule has 2 fully saturated rings. The van der Waals surface area contributed by atoms with Crippen molar-refractivity contribution in [3.05, 3.63) is 0 Å². The van der Waals surface area contributed by atoms with Gasteiger partial charge in [0.2, 0.25) is 0 Å². The molecule has 1 aliphatic carbocycles. The molecule has 1 aliphatic heterocycles. The first-order valence-corrected chi connectivity index (χ1v) is 4.40. The molecule has 0 spiro atoms. The Balaban J connectivity index is 0.000000845. The quantitative estimate of drug-likeness (QED) is 0.645. The fourth-order valence-corrected chi connectivity index (χ4v) is 2.58. The first kappa shape index (κ1) is 10.8. The molecular formula is C9H16ClNO2. The maximum Gasteiger partial charge on any atom is 0.323 e. The molecule has 0 amide bonds. The van der Waals surface area contributed by atoms with Gasteiger partial charge in [0.05, 0.1) is 7.11 Å². The maximum absolute atomic E-state index is 11.3. The number of hydrogen-bond donors (Lipinski definition) is 1. The first-order valence-electron chi connectivity index (χ1n) is 4.40. The number of ether oxygens (including phenoxy) is 1. The van der Waals surface area contributed by atoms with Crippen LogP contribution in [0.4, 0.5) is 0 Å². The van der Waals surface area contributed by atoms with Gasteiger partial charge < -0.3 is 10.1 Å². The highest BCUT2D eigenvalue weighted by Gasteiger charge is 2.66. The molecule has 0 aromatic rings. The summed E-state index contributed by atoms with van der Waals surface area (Å²) in [7, 11) is 1.45. The van der Waals surface area contributed by atoms with E-state index in [2.05, 4.69) is 19.2 Å². The van der Waals surface area contributed by atoms with Gasteiger partial charge >= 0.3 is 5.97 Å². The number of hydrogen-bond acceptors (Lipinski definition) is 3. The molecule has 13 heavy (non-hydrogen) atoms. The van der Waals surface area contributed by atoms with Crippen molar-refractivity contribution in [2.75, 3.05) is 13.7 Å². The summed E-state index contributed by atoms with van der Waals surface area (Å²) in [6.07, 6.45) is 0. The molecule has 1 heterocycles. The Morgan fingerprint density at radius 3 is 2.54 bits per heavy atom. The van der Waals surface area contributed by atoms with Crippen LogP contribution in [-0.4, -0.2) is 25.7 Å². The van der Waals surface area contributed by atoms with E-state index in [0.29, 0.717) is 17.3 Å². The minimum absolute atomic E-state index is 0. The molecule has 76 valence electrons. The SMILES string of the molecule is COC(=O)[C@@H]1NC[C@H]2[C@@H]1C2(C)C.Cl. The van der Waals surface area contributed by atoms with Crippen LogP contribution >= 0.6 is 12.4 Å². The summed E-state index contributed by atoms with van der Waals surface area (Å²) >= 11 is 0. The number of carbonyl (C=O) groups is 1. The summed E-state index contributed by atoms with van der Waals surface area (Å²) in [5.74, 6) is 1.08. The van der Waals surface area contributed by atoms with Crippen molar-refractivity contribution >= 4 is 18.4 Å². The normalized spacial score (nSPS) is 38.8. The van der Waals surface area contributed by atoms with Gasteiger partial charge in [-0.1, -0.05) is 13.8 Å². The fraction of sp³-hybridized carbons (Fsp3) is 0.889. The third kappa shape index (κ3) is 1.34. The van der Waals surface area contributed by atoms with Gasteiger partial charge in [-0.05, 0) is 23.8 Å². The molecule has 2 aliphatic rings. The highest BCUT2D eigenvalue weighted by molar-refractivity contribution is 5.85. The van der Waals surface area contributed by atoms with E-state index in [9.17, 15) is 4.79 Å². The van der Waals surface area contributed by atoms with Crippen LogP contribution in [0.5, 0.6) is 0 Å². The van der Waals surface area contributed by atoms with Crippen molar-refractivity contribution in [1.82, 2.24) is 5.32 Å². The Morgan fingerprint density at radius 2 is 2.15 bits per heavy atom. The van der Waals surface area contributed by atoms with Crippen LogP contribution in [0, 0.1) is 17.3 Å². The fourth-order valence-electron chi connectivity index (χ4n) is 2.58. The molecule has 3 nitrogen and oxygen atoms in total. The van der Waals surface area contributed by atoms with Crippen molar-refractivity contribution < 1.29 is 9.53 Å². The summed E-state index contributed by atoms with van der Waals surface area (Å²) in [5.41, 5.74) is 0.351. The van der Waals surface area contributed by atoms with Crippen LogP contribution in [0.3, 0.4) is 0 Å². The van der Waals surface area contributed by atoms with E-state index in [4.69, 9.17) is 4.74 Å². The zero-order chi connectivity index (χ0) is 8.93. The zero-order valence-electron chi connectivity index (χ0n) is 8.16. The summed E-state index contributed by atoms with van der Waals surface area (Å²) in [4.78, 5) is 11.3. The lowest BCUT2D eigenvalue weighted by Gasteiger charge is -2.16.